The summed E-state index contributed by atoms with van der Waals surface area (Å²) in [6, 6.07) is 4.27. The summed E-state index contributed by atoms with van der Waals surface area (Å²) in [6.07, 6.45) is 3.16. The molecule has 0 radical (unpaired) electrons. The Balaban J connectivity index is 1.54. The van der Waals surface area contributed by atoms with Crippen molar-refractivity contribution in [1.29, 1.82) is 0 Å². The van der Waals surface area contributed by atoms with E-state index in [1.165, 1.54) is 18.5 Å². The second-order valence-electron chi connectivity index (χ2n) is 5.86. The third-order valence-corrected chi connectivity index (χ3v) is 4.51. The second kappa shape index (κ2) is 7.27. The molecule has 0 bridgehead atoms. The third-order valence-electron chi connectivity index (χ3n) is 4.14. The fourth-order valence-corrected chi connectivity index (χ4v) is 2.96. The smallest absolute Gasteiger partial charge is 0.159 e. The highest BCUT2D eigenvalue weighted by Gasteiger charge is 2.21. The Morgan fingerprint density at radius 2 is 1.96 bits per heavy atom. The molecule has 2 aromatic rings. The van der Waals surface area contributed by atoms with Crippen molar-refractivity contribution in [2.75, 3.05) is 24.1 Å². The lowest BCUT2D eigenvalue weighted by molar-refractivity contribution is 0.211. The van der Waals surface area contributed by atoms with Crippen molar-refractivity contribution in [3.05, 3.63) is 46.7 Å². The Morgan fingerprint density at radius 3 is 2.67 bits per heavy atom. The van der Waals surface area contributed by atoms with E-state index in [2.05, 4.69) is 20.2 Å². The number of nitrogens with zero attached hydrogens (tertiary/aromatic N) is 3. The predicted octanol–water partition coefficient (Wildman–Crippen LogP) is 3.07. The van der Waals surface area contributed by atoms with Crippen LogP contribution in [-0.2, 0) is 6.54 Å². The number of nitrogens with one attached hydrogen (secondary N) is 1. The zero-order chi connectivity index (χ0) is 17.1. The van der Waals surface area contributed by atoms with Crippen LogP contribution in [0.1, 0.15) is 18.4 Å². The molecule has 3 rings (SSSR count). The molecule has 8 heteroatoms. The molecule has 128 valence electrons. The number of aromatic nitrogens is 2. The molecular formula is C16H18ClF2N5. The Bertz CT molecular complexity index is 720. The van der Waals surface area contributed by atoms with Gasteiger partial charge < -0.3 is 11.1 Å². The fourth-order valence-electron chi connectivity index (χ4n) is 2.81. The van der Waals surface area contributed by atoms with Gasteiger partial charge in [0.15, 0.2) is 17.5 Å². The first-order chi connectivity index (χ1) is 11.5. The van der Waals surface area contributed by atoms with Gasteiger partial charge in [0.25, 0.3) is 0 Å². The summed E-state index contributed by atoms with van der Waals surface area (Å²) in [5, 5.41) is 3.63. The van der Waals surface area contributed by atoms with Gasteiger partial charge in [0.05, 0.1) is 0 Å². The lowest BCUT2D eigenvalue weighted by Crippen LogP contribution is -2.38. The second-order valence-corrected chi connectivity index (χ2v) is 6.24. The number of hydrogen-bond acceptors (Lipinski definition) is 5. The molecule has 0 amide bonds. The molecule has 5 nitrogen and oxygen atoms in total. The van der Waals surface area contributed by atoms with Crippen LogP contribution in [0.4, 0.5) is 20.4 Å². The molecule has 1 aliphatic heterocycles. The summed E-state index contributed by atoms with van der Waals surface area (Å²) >= 11 is 6.09. The molecule has 3 N–H and O–H groups in total. The molecule has 1 aliphatic rings. The molecule has 24 heavy (non-hydrogen) atoms. The maximum absolute atomic E-state index is 13.3. The van der Waals surface area contributed by atoms with Gasteiger partial charge in [0.2, 0.25) is 0 Å². The fraction of sp³-hybridized carbons (Fsp3) is 0.375. The van der Waals surface area contributed by atoms with Crippen LogP contribution < -0.4 is 11.1 Å². The van der Waals surface area contributed by atoms with Crippen LogP contribution in [0.5, 0.6) is 0 Å². The summed E-state index contributed by atoms with van der Waals surface area (Å²) in [5.41, 5.74) is 6.44. The maximum Gasteiger partial charge on any atom is 0.159 e. The van der Waals surface area contributed by atoms with E-state index in [1.807, 2.05) is 0 Å². The highest BCUT2D eigenvalue weighted by molar-refractivity contribution is 6.35. The molecule has 2 heterocycles. The van der Waals surface area contributed by atoms with Crippen molar-refractivity contribution in [3.8, 4) is 0 Å². The Labute approximate surface area is 143 Å². The first kappa shape index (κ1) is 16.9. The minimum Gasteiger partial charge on any atom is -0.382 e. The van der Waals surface area contributed by atoms with E-state index in [9.17, 15) is 8.78 Å². The molecule has 0 spiro atoms. The number of anilines is 2. The zero-order valence-corrected chi connectivity index (χ0v) is 13.7. The predicted molar refractivity (Wildman–Crippen MR) is 89.7 cm³/mol. The number of rotatable bonds is 4. The van der Waals surface area contributed by atoms with E-state index >= 15 is 0 Å². The van der Waals surface area contributed by atoms with Crippen LogP contribution >= 0.6 is 11.6 Å². The molecule has 0 aliphatic carbocycles. The van der Waals surface area contributed by atoms with Crippen molar-refractivity contribution in [1.82, 2.24) is 14.9 Å². The molecule has 0 saturated carbocycles. The number of benzene rings is 1. The number of halogens is 3. The summed E-state index contributed by atoms with van der Waals surface area (Å²) in [7, 11) is 0. The van der Waals surface area contributed by atoms with Crippen molar-refractivity contribution in [2.45, 2.75) is 25.4 Å². The monoisotopic (exact) mass is 353 g/mol. The van der Waals surface area contributed by atoms with E-state index in [4.69, 9.17) is 17.3 Å². The Morgan fingerprint density at radius 1 is 1.21 bits per heavy atom. The molecule has 0 unspecified atom stereocenters. The minimum atomic E-state index is -0.817. The van der Waals surface area contributed by atoms with Gasteiger partial charge >= 0.3 is 0 Å². The summed E-state index contributed by atoms with van der Waals surface area (Å²) in [6.45, 7) is 2.29. The average Bonchev–Trinajstić information content (AvgIpc) is 2.57. The lowest BCUT2D eigenvalue weighted by Gasteiger charge is -2.32. The van der Waals surface area contributed by atoms with Crippen LogP contribution in [0.25, 0.3) is 0 Å². The van der Waals surface area contributed by atoms with E-state index in [0.29, 0.717) is 17.4 Å². The van der Waals surface area contributed by atoms with Gasteiger partial charge in [-0.05, 0) is 30.5 Å². The van der Waals surface area contributed by atoms with Gasteiger partial charge in [0, 0.05) is 25.7 Å². The first-order valence-corrected chi connectivity index (χ1v) is 8.09. The number of piperidine rings is 1. The molecule has 1 saturated heterocycles. The molecule has 0 atom stereocenters. The Kier molecular flexibility index (Phi) is 5.11. The van der Waals surface area contributed by atoms with E-state index < -0.39 is 11.6 Å². The molecule has 1 aromatic carbocycles. The van der Waals surface area contributed by atoms with Gasteiger partial charge in [0.1, 0.15) is 17.2 Å². The maximum atomic E-state index is 13.3. The molecular weight excluding hydrogens is 336 g/mol. The molecule has 1 fully saturated rings. The topological polar surface area (TPSA) is 67.1 Å². The van der Waals surface area contributed by atoms with Gasteiger partial charge in [-0.25, -0.2) is 18.7 Å². The summed E-state index contributed by atoms with van der Waals surface area (Å²) in [5.74, 6) is -0.823. The zero-order valence-electron chi connectivity index (χ0n) is 13.0. The van der Waals surface area contributed by atoms with E-state index in [1.54, 1.807) is 6.07 Å². The first-order valence-electron chi connectivity index (χ1n) is 7.71. The van der Waals surface area contributed by atoms with Crippen LogP contribution in [0.15, 0.2) is 24.5 Å². The number of nitrogen functional groups attached to an aromatic ring is 1. The van der Waals surface area contributed by atoms with Crippen LogP contribution in [0, 0.1) is 11.6 Å². The number of hydrogen-bond donors (Lipinski definition) is 2. The molecule has 1 aromatic heterocycles. The largest absolute Gasteiger partial charge is 0.382 e. The Hall–Kier alpha value is -1.99. The van der Waals surface area contributed by atoms with E-state index in [-0.39, 0.29) is 11.9 Å². The van der Waals surface area contributed by atoms with Crippen molar-refractivity contribution < 1.29 is 8.78 Å². The van der Waals surface area contributed by atoms with Crippen molar-refractivity contribution >= 4 is 23.2 Å². The van der Waals surface area contributed by atoms with Crippen molar-refractivity contribution in [3.63, 3.8) is 0 Å². The van der Waals surface area contributed by atoms with Gasteiger partial charge in [-0.3, -0.25) is 4.90 Å². The van der Waals surface area contributed by atoms with Gasteiger partial charge in [-0.1, -0.05) is 17.7 Å². The van der Waals surface area contributed by atoms with E-state index in [0.717, 1.165) is 31.5 Å². The third kappa shape index (κ3) is 3.91. The highest BCUT2D eigenvalue weighted by atomic mass is 35.5. The number of likely N-dealkylation sites (tertiary alicyclic amines) is 1. The lowest BCUT2D eigenvalue weighted by atomic mass is 10.0. The van der Waals surface area contributed by atoms with Crippen LogP contribution in [0.2, 0.25) is 5.02 Å². The minimum absolute atomic E-state index is 0.234. The van der Waals surface area contributed by atoms with Crippen molar-refractivity contribution in [2.24, 2.45) is 0 Å². The van der Waals surface area contributed by atoms with Crippen LogP contribution in [-0.4, -0.2) is 34.0 Å². The standard InChI is InChI=1S/C16H18ClF2N5/c17-14-15(20)21-9-22-16(14)23-11-3-5-24(6-4-11)8-10-1-2-12(18)13(19)7-10/h1-2,7,9,11H,3-6,8H2,(H3,20,21,22,23). The highest BCUT2D eigenvalue weighted by Crippen LogP contribution is 2.26. The van der Waals surface area contributed by atoms with Crippen LogP contribution in [0.3, 0.4) is 0 Å². The normalized spacial score (nSPS) is 16.3. The summed E-state index contributed by atoms with van der Waals surface area (Å²) < 4.78 is 26.2. The van der Waals surface area contributed by atoms with Gasteiger partial charge in [-0.15, -0.1) is 0 Å². The SMILES string of the molecule is Nc1ncnc(NC2CCN(Cc3ccc(F)c(F)c3)CC2)c1Cl. The van der Waals surface area contributed by atoms with Gasteiger partial charge in [-0.2, -0.15) is 0 Å². The quantitative estimate of drug-likeness (QED) is 0.884. The average molecular weight is 354 g/mol. The summed E-state index contributed by atoms with van der Waals surface area (Å²) in [4.78, 5) is 10.2. The number of nitrogens with two attached hydrogens (primary N) is 1.